The first-order valence-corrected chi connectivity index (χ1v) is 6.43. The van der Waals surface area contributed by atoms with Crippen LogP contribution >= 0.6 is 15.9 Å². The molecule has 0 saturated carbocycles. The van der Waals surface area contributed by atoms with Crippen LogP contribution in [0.2, 0.25) is 0 Å². The van der Waals surface area contributed by atoms with Crippen LogP contribution in [-0.2, 0) is 5.41 Å². The number of rotatable bonds is 6. The summed E-state index contributed by atoms with van der Waals surface area (Å²) < 4.78 is 1.11. The van der Waals surface area contributed by atoms with Crippen molar-refractivity contribution < 1.29 is 5.11 Å². The summed E-state index contributed by atoms with van der Waals surface area (Å²) in [5.41, 5.74) is 1.45. The number of halogens is 1. The Hall–Kier alpha value is -0.380. The highest BCUT2D eigenvalue weighted by molar-refractivity contribution is 9.10. The third-order valence-electron chi connectivity index (χ3n) is 2.70. The van der Waals surface area contributed by atoms with Crippen molar-refractivity contribution in [3.05, 3.63) is 34.3 Å². The Bertz CT molecular complexity index is 308. The minimum absolute atomic E-state index is 0.121. The van der Waals surface area contributed by atoms with Crippen LogP contribution < -0.4 is 5.32 Å². The van der Waals surface area contributed by atoms with E-state index >= 15 is 0 Å². The lowest BCUT2D eigenvalue weighted by Gasteiger charge is -2.25. The summed E-state index contributed by atoms with van der Waals surface area (Å²) in [5.74, 6) is 0. The Morgan fingerprint density at radius 2 is 1.88 bits per heavy atom. The standard InChI is InChI=1S/C13H20BrNO/c1-13(2,10-15-8-3-9-16)11-4-6-12(14)7-5-11/h4-7,15-16H,3,8-10H2,1-2H3. The maximum atomic E-state index is 8.70. The molecule has 3 heteroatoms. The molecule has 2 nitrogen and oxygen atoms in total. The zero-order valence-corrected chi connectivity index (χ0v) is 11.5. The van der Waals surface area contributed by atoms with Gasteiger partial charge in [0.1, 0.15) is 0 Å². The molecule has 0 amide bonds. The molecule has 1 aromatic carbocycles. The zero-order chi connectivity index (χ0) is 12.0. The molecule has 0 aliphatic heterocycles. The van der Waals surface area contributed by atoms with E-state index in [0.29, 0.717) is 0 Å². The van der Waals surface area contributed by atoms with Gasteiger partial charge in [-0.1, -0.05) is 41.9 Å². The lowest BCUT2D eigenvalue weighted by molar-refractivity contribution is 0.284. The Balaban J connectivity index is 2.52. The second kappa shape index (κ2) is 6.38. The highest BCUT2D eigenvalue weighted by atomic mass is 79.9. The number of hydrogen-bond donors (Lipinski definition) is 2. The van der Waals surface area contributed by atoms with Gasteiger partial charge in [-0.2, -0.15) is 0 Å². The number of benzene rings is 1. The minimum atomic E-state index is 0.121. The van der Waals surface area contributed by atoms with E-state index in [1.54, 1.807) is 0 Å². The van der Waals surface area contributed by atoms with E-state index < -0.39 is 0 Å². The average Bonchev–Trinajstić information content (AvgIpc) is 2.25. The van der Waals surface area contributed by atoms with E-state index in [1.165, 1.54) is 5.56 Å². The quantitative estimate of drug-likeness (QED) is 0.788. The summed E-state index contributed by atoms with van der Waals surface area (Å²) in [5, 5.41) is 12.1. The molecule has 0 radical (unpaired) electrons. The van der Waals surface area contributed by atoms with Crippen molar-refractivity contribution >= 4 is 15.9 Å². The highest BCUT2D eigenvalue weighted by Gasteiger charge is 2.19. The van der Waals surface area contributed by atoms with Crippen molar-refractivity contribution in [1.29, 1.82) is 0 Å². The molecule has 90 valence electrons. The molecule has 1 aromatic rings. The van der Waals surface area contributed by atoms with E-state index in [4.69, 9.17) is 5.11 Å². The molecular formula is C13H20BrNO. The van der Waals surface area contributed by atoms with Gasteiger partial charge in [0.15, 0.2) is 0 Å². The molecule has 0 saturated heterocycles. The summed E-state index contributed by atoms with van der Waals surface area (Å²) in [6.45, 7) is 6.50. The number of aliphatic hydroxyl groups excluding tert-OH is 1. The van der Waals surface area contributed by atoms with E-state index in [0.717, 1.165) is 24.0 Å². The Kier molecular flexibility index (Phi) is 5.46. The lowest BCUT2D eigenvalue weighted by Crippen LogP contribution is -2.33. The normalized spacial score (nSPS) is 11.8. The molecule has 0 bridgehead atoms. The summed E-state index contributed by atoms with van der Waals surface area (Å²) in [4.78, 5) is 0. The fourth-order valence-electron chi connectivity index (χ4n) is 1.61. The van der Waals surface area contributed by atoms with Crippen molar-refractivity contribution in [2.24, 2.45) is 0 Å². The van der Waals surface area contributed by atoms with Crippen molar-refractivity contribution in [3.8, 4) is 0 Å². The monoisotopic (exact) mass is 285 g/mol. The first-order chi connectivity index (χ1) is 7.56. The van der Waals surface area contributed by atoms with Gasteiger partial charge in [-0.15, -0.1) is 0 Å². The largest absolute Gasteiger partial charge is 0.396 e. The molecule has 0 spiro atoms. The molecule has 1 rings (SSSR count). The molecule has 0 fully saturated rings. The fourth-order valence-corrected chi connectivity index (χ4v) is 1.87. The summed E-state index contributed by atoms with van der Waals surface area (Å²) in [6, 6.07) is 8.45. The zero-order valence-electron chi connectivity index (χ0n) is 9.96. The van der Waals surface area contributed by atoms with Crippen LogP contribution in [0, 0.1) is 0 Å². The topological polar surface area (TPSA) is 32.3 Å². The maximum absolute atomic E-state index is 8.70. The molecule has 0 aromatic heterocycles. The van der Waals surface area contributed by atoms with Crippen LogP contribution in [-0.4, -0.2) is 24.8 Å². The van der Waals surface area contributed by atoms with E-state index in [2.05, 4.69) is 59.4 Å². The van der Waals surface area contributed by atoms with Crippen molar-refractivity contribution in [3.63, 3.8) is 0 Å². The molecule has 0 aliphatic rings. The van der Waals surface area contributed by atoms with Gasteiger partial charge in [0.05, 0.1) is 0 Å². The van der Waals surface area contributed by atoms with Crippen molar-refractivity contribution in [1.82, 2.24) is 5.32 Å². The van der Waals surface area contributed by atoms with Crippen LogP contribution in [0.3, 0.4) is 0 Å². The van der Waals surface area contributed by atoms with Crippen LogP contribution in [0.4, 0.5) is 0 Å². The lowest BCUT2D eigenvalue weighted by atomic mass is 9.84. The average molecular weight is 286 g/mol. The number of nitrogens with one attached hydrogen (secondary N) is 1. The van der Waals surface area contributed by atoms with Gasteiger partial charge < -0.3 is 10.4 Å². The van der Waals surface area contributed by atoms with Gasteiger partial charge in [0, 0.05) is 23.0 Å². The second-order valence-corrected chi connectivity index (χ2v) is 5.56. The maximum Gasteiger partial charge on any atom is 0.0443 e. The SMILES string of the molecule is CC(C)(CNCCCO)c1ccc(Br)cc1. The van der Waals surface area contributed by atoms with Crippen molar-refractivity contribution in [2.45, 2.75) is 25.7 Å². The van der Waals surface area contributed by atoms with Gasteiger partial charge in [-0.05, 0) is 30.7 Å². The Morgan fingerprint density at radius 3 is 2.44 bits per heavy atom. The Morgan fingerprint density at radius 1 is 1.25 bits per heavy atom. The molecule has 0 heterocycles. The van der Waals surface area contributed by atoms with Crippen LogP contribution in [0.15, 0.2) is 28.7 Å². The number of hydrogen-bond acceptors (Lipinski definition) is 2. The van der Waals surface area contributed by atoms with Crippen molar-refractivity contribution in [2.75, 3.05) is 19.7 Å². The first-order valence-electron chi connectivity index (χ1n) is 5.64. The fraction of sp³-hybridized carbons (Fsp3) is 0.538. The third-order valence-corrected chi connectivity index (χ3v) is 3.23. The van der Waals surface area contributed by atoms with Gasteiger partial charge in [-0.25, -0.2) is 0 Å². The first kappa shape index (κ1) is 13.7. The summed E-state index contributed by atoms with van der Waals surface area (Å²) in [6.07, 6.45) is 0.816. The molecule has 0 aliphatic carbocycles. The smallest absolute Gasteiger partial charge is 0.0443 e. The summed E-state index contributed by atoms with van der Waals surface area (Å²) >= 11 is 3.44. The molecule has 16 heavy (non-hydrogen) atoms. The van der Waals surface area contributed by atoms with Gasteiger partial charge in [0.25, 0.3) is 0 Å². The minimum Gasteiger partial charge on any atom is -0.396 e. The highest BCUT2D eigenvalue weighted by Crippen LogP contribution is 2.23. The van der Waals surface area contributed by atoms with E-state index in [-0.39, 0.29) is 12.0 Å². The molecule has 0 atom stereocenters. The third kappa shape index (κ3) is 4.24. The van der Waals surface area contributed by atoms with E-state index in [1.807, 2.05) is 0 Å². The van der Waals surface area contributed by atoms with Gasteiger partial charge in [0.2, 0.25) is 0 Å². The molecule has 0 unspecified atom stereocenters. The predicted octanol–water partition coefficient (Wildman–Crippen LogP) is 2.70. The van der Waals surface area contributed by atoms with Crippen LogP contribution in [0.25, 0.3) is 0 Å². The van der Waals surface area contributed by atoms with Gasteiger partial charge in [-0.3, -0.25) is 0 Å². The van der Waals surface area contributed by atoms with E-state index in [9.17, 15) is 0 Å². The van der Waals surface area contributed by atoms with Crippen LogP contribution in [0.5, 0.6) is 0 Å². The second-order valence-electron chi connectivity index (χ2n) is 4.64. The predicted molar refractivity (Wildman–Crippen MR) is 71.7 cm³/mol. The molecular weight excluding hydrogens is 266 g/mol. The summed E-state index contributed by atoms with van der Waals surface area (Å²) in [7, 11) is 0. The molecule has 2 N–H and O–H groups in total. The van der Waals surface area contributed by atoms with Gasteiger partial charge >= 0.3 is 0 Å². The van der Waals surface area contributed by atoms with Crippen LogP contribution in [0.1, 0.15) is 25.8 Å². The number of aliphatic hydroxyl groups is 1. The Labute approximate surface area is 106 Å².